The lowest BCUT2D eigenvalue weighted by Gasteiger charge is -2.37. The van der Waals surface area contributed by atoms with Gasteiger partial charge >= 0.3 is 12.1 Å². The number of carbonyl (C=O) groups is 5. The third-order valence-electron chi connectivity index (χ3n) is 11.6. The van der Waals surface area contributed by atoms with E-state index in [0.29, 0.717) is 32.5 Å². The number of fused-ring (bicyclic) bond motifs is 3. The minimum absolute atomic E-state index is 0.0604. The van der Waals surface area contributed by atoms with Crippen LogP contribution >= 0.6 is 0 Å². The summed E-state index contributed by atoms with van der Waals surface area (Å²) in [5.41, 5.74) is 1.03. The van der Waals surface area contributed by atoms with Crippen molar-refractivity contribution in [3.05, 3.63) is 47.5 Å². The quantitative estimate of drug-likeness (QED) is 0.352. The Morgan fingerprint density at radius 1 is 1.06 bits per heavy atom. The average Bonchev–Trinajstić information content (AvgIpc) is 3.99. The maximum absolute atomic E-state index is 14.7. The van der Waals surface area contributed by atoms with E-state index in [1.165, 1.54) is 16.5 Å². The summed E-state index contributed by atoms with van der Waals surface area (Å²) in [7, 11) is -3.91. The lowest BCUT2D eigenvalue weighted by Crippen LogP contribution is -2.61. The van der Waals surface area contributed by atoms with Crippen molar-refractivity contribution in [2.75, 3.05) is 13.1 Å². The number of sulfonamides is 1. The molecule has 2 aliphatic carbocycles. The molecule has 0 spiro atoms. The summed E-state index contributed by atoms with van der Waals surface area (Å²) in [6.07, 6.45) is 5.61. The maximum Gasteiger partial charge on any atom is 0.410 e. The van der Waals surface area contributed by atoms with Crippen molar-refractivity contribution < 1.29 is 37.1 Å². The van der Waals surface area contributed by atoms with E-state index in [9.17, 15) is 32.4 Å². The molecule has 1 aromatic carbocycles. The zero-order chi connectivity index (χ0) is 39.2. The highest BCUT2D eigenvalue weighted by molar-refractivity contribution is 7.91. The molecule has 5 aliphatic rings. The summed E-state index contributed by atoms with van der Waals surface area (Å²) in [5, 5.41) is 5.12. The second kappa shape index (κ2) is 15.2. The van der Waals surface area contributed by atoms with E-state index in [1.807, 2.05) is 46.8 Å². The van der Waals surface area contributed by atoms with Crippen LogP contribution in [0.2, 0.25) is 0 Å². The number of aryl methyl sites for hydroxylation is 1. The van der Waals surface area contributed by atoms with Crippen LogP contribution in [-0.4, -0.2) is 101 Å². The van der Waals surface area contributed by atoms with Gasteiger partial charge in [-0.25, -0.2) is 18.0 Å². The van der Waals surface area contributed by atoms with E-state index < -0.39 is 80.2 Å². The average molecular weight is 769 g/mol. The van der Waals surface area contributed by atoms with Gasteiger partial charge in [-0.15, -0.1) is 6.58 Å². The molecule has 1 aromatic rings. The fourth-order valence-corrected chi connectivity index (χ4v) is 9.40. The summed E-state index contributed by atoms with van der Waals surface area (Å²) < 4.78 is 33.6. The maximum atomic E-state index is 14.7. The molecule has 3 N–H and O–H groups in total. The second-order valence-corrected chi connectivity index (χ2v) is 19.0. The summed E-state index contributed by atoms with van der Waals surface area (Å²) in [6.45, 7) is 14.3. The number of benzene rings is 1. The van der Waals surface area contributed by atoms with Crippen LogP contribution in [0.3, 0.4) is 0 Å². The molecule has 14 nitrogen and oxygen atoms in total. The van der Waals surface area contributed by atoms with E-state index in [-0.39, 0.29) is 25.4 Å². The topological polar surface area (TPSA) is 175 Å². The molecule has 0 aromatic heterocycles. The summed E-state index contributed by atoms with van der Waals surface area (Å²) >= 11 is 0. The molecule has 0 radical (unpaired) electrons. The van der Waals surface area contributed by atoms with Crippen molar-refractivity contribution in [3.63, 3.8) is 0 Å². The van der Waals surface area contributed by atoms with Crippen LogP contribution in [0.1, 0.15) is 103 Å². The van der Waals surface area contributed by atoms with Gasteiger partial charge in [0.15, 0.2) is 0 Å². The SMILES string of the molecule is C=C[C@@H]1C[C@]1(NC(=O)[C@@H]1C[C@@H]2CN1C(=O)[C@H](C(C)(C)C)NC(=O)N(C(C)C)CCCCCCc1cccc3c1CN(C3)C(=O)O2)C(=O)NS(=O)(=O)C1CC1. The third-order valence-corrected chi connectivity index (χ3v) is 13.4. The van der Waals surface area contributed by atoms with Crippen LogP contribution < -0.4 is 15.4 Å². The smallest absolute Gasteiger partial charge is 0.410 e. The Kier molecular flexibility index (Phi) is 11.1. The lowest BCUT2D eigenvalue weighted by atomic mass is 9.85. The first-order valence-corrected chi connectivity index (χ1v) is 20.9. The molecule has 6 rings (SSSR count). The molecule has 3 aliphatic heterocycles. The molecular formula is C39H56N6O8S. The molecule has 5 atom stereocenters. The standard InChI is InChI=1S/C39H56N6O8S/c1-7-27-20-39(27,35(48)42-54(51,52)29-16-17-29)41-33(46)31-19-28-22-45(31)34(47)32(38(4,5)6)40-36(49)44(24(2)3)18-11-9-8-10-13-25-14-12-15-26-21-43(23-30(25)26)37(50)53-28/h7,12,14-15,24,27-29,31-32H,1,8-11,13,16-23H2,2-6H3,(H,40,49)(H,41,46)(H,42,48)/t27-,28-,31+,32-,39-/m1/s1. The highest BCUT2D eigenvalue weighted by atomic mass is 32.2. The number of urea groups is 1. The zero-order valence-electron chi connectivity index (χ0n) is 32.2. The Bertz CT molecular complexity index is 1790. The van der Waals surface area contributed by atoms with Crippen molar-refractivity contribution in [2.45, 2.75) is 141 Å². The van der Waals surface area contributed by atoms with E-state index in [0.717, 1.165) is 43.2 Å². The number of hydrogen-bond acceptors (Lipinski definition) is 8. The number of nitrogens with one attached hydrogen (secondary N) is 3. The number of nitrogens with zero attached hydrogens (tertiary/aromatic N) is 3. The van der Waals surface area contributed by atoms with Gasteiger partial charge in [0.1, 0.15) is 23.7 Å². The molecule has 15 heteroatoms. The van der Waals surface area contributed by atoms with Gasteiger partial charge in [0.2, 0.25) is 21.8 Å². The van der Waals surface area contributed by atoms with E-state index in [4.69, 9.17) is 4.74 Å². The van der Waals surface area contributed by atoms with Crippen LogP contribution in [0.25, 0.3) is 0 Å². The van der Waals surface area contributed by atoms with Crippen LogP contribution in [0.15, 0.2) is 30.9 Å². The third kappa shape index (κ3) is 8.25. The first kappa shape index (κ1) is 39.6. The minimum Gasteiger partial charge on any atom is -0.444 e. The molecular weight excluding hydrogens is 713 g/mol. The van der Waals surface area contributed by atoms with Crippen molar-refractivity contribution in [1.29, 1.82) is 0 Å². The van der Waals surface area contributed by atoms with E-state index >= 15 is 0 Å². The van der Waals surface area contributed by atoms with Gasteiger partial charge in [0, 0.05) is 38.0 Å². The van der Waals surface area contributed by atoms with Crippen LogP contribution in [0, 0.1) is 11.3 Å². The second-order valence-electron chi connectivity index (χ2n) is 17.0. The summed E-state index contributed by atoms with van der Waals surface area (Å²) in [4.78, 5) is 74.7. The first-order valence-electron chi connectivity index (χ1n) is 19.4. The van der Waals surface area contributed by atoms with Crippen LogP contribution in [0.5, 0.6) is 0 Å². The van der Waals surface area contributed by atoms with Crippen molar-refractivity contribution in [1.82, 2.24) is 30.1 Å². The minimum atomic E-state index is -3.91. The fraction of sp³-hybridized carbons (Fsp3) is 0.667. The zero-order valence-corrected chi connectivity index (χ0v) is 33.0. The Morgan fingerprint density at radius 3 is 2.41 bits per heavy atom. The van der Waals surface area contributed by atoms with Crippen LogP contribution in [0.4, 0.5) is 9.59 Å². The number of rotatable bonds is 7. The Morgan fingerprint density at radius 2 is 1.76 bits per heavy atom. The largest absolute Gasteiger partial charge is 0.444 e. The Balaban J connectivity index is 1.30. The molecule has 296 valence electrons. The highest BCUT2D eigenvalue weighted by Gasteiger charge is 2.62. The van der Waals surface area contributed by atoms with Gasteiger partial charge in [0.05, 0.1) is 11.8 Å². The highest BCUT2D eigenvalue weighted by Crippen LogP contribution is 2.45. The van der Waals surface area contributed by atoms with Crippen molar-refractivity contribution in [2.24, 2.45) is 11.3 Å². The normalized spacial score (nSPS) is 28.3. The van der Waals surface area contributed by atoms with E-state index in [1.54, 1.807) is 9.80 Å². The van der Waals surface area contributed by atoms with Gasteiger partial charge in [0.25, 0.3) is 5.91 Å². The number of hydrogen-bond donors (Lipinski definition) is 3. The molecule has 0 unspecified atom stereocenters. The Labute approximate surface area is 318 Å². The molecule has 6 amide bonds. The van der Waals surface area contributed by atoms with Gasteiger partial charge < -0.3 is 25.2 Å². The predicted octanol–water partition coefficient (Wildman–Crippen LogP) is 3.73. The molecule has 4 bridgehead atoms. The van der Waals surface area contributed by atoms with Crippen molar-refractivity contribution in [3.8, 4) is 0 Å². The van der Waals surface area contributed by atoms with Crippen LogP contribution in [-0.2, 0) is 48.7 Å². The predicted molar refractivity (Wildman–Crippen MR) is 201 cm³/mol. The molecule has 54 heavy (non-hydrogen) atoms. The first-order chi connectivity index (χ1) is 25.4. The van der Waals surface area contributed by atoms with Gasteiger partial charge in [-0.05, 0) is 74.5 Å². The lowest BCUT2D eigenvalue weighted by molar-refractivity contribution is -0.142. The van der Waals surface area contributed by atoms with Gasteiger partial charge in [-0.2, -0.15) is 0 Å². The van der Waals surface area contributed by atoms with E-state index in [2.05, 4.69) is 28.0 Å². The Hall–Kier alpha value is -4.14. The fourth-order valence-electron chi connectivity index (χ4n) is 8.03. The van der Waals surface area contributed by atoms with Gasteiger partial charge in [-0.3, -0.25) is 24.0 Å². The van der Waals surface area contributed by atoms with Gasteiger partial charge in [-0.1, -0.05) is 57.9 Å². The summed E-state index contributed by atoms with van der Waals surface area (Å²) in [5.74, 6) is -2.60. The molecule has 3 fully saturated rings. The summed E-state index contributed by atoms with van der Waals surface area (Å²) in [6, 6.07) is 3.36. The number of ether oxygens (including phenoxy) is 1. The monoisotopic (exact) mass is 768 g/mol. The number of amides is 6. The molecule has 1 saturated heterocycles. The molecule has 2 saturated carbocycles. The molecule has 3 heterocycles. The number of carbonyl (C=O) groups excluding carboxylic acids is 5. The van der Waals surface area contributed by atoms with Crippen molar-refractivity contribution >= 4 is 39.9 Å².